The van der Waals surface area contributed by atoms with Gasteiger partial charge in [-0.1, -0.05) is 20.8 Å². The van der Waals surface area contributed by atoms with Crippen molar-refractivity contribution < 1.29 is 4.79 Å². The Morgan fingerprint density at radius 1 is 1.38 bits per heavy atom. The number of likely N-dealkylation sites (tertiary alicyclic amines) is 1. The lowest BCUT2D eigenvalue weighted by Crippen LogP contribution is -2.59. The Hall–Kier alpha value is -0.570. The predicted octanol–water partition coefficient (Wildman–Crippen LogP) is 2.02. The average molecular weight is 226 g/mol. The van der Waals surface area contributed by atoms with Gasteiger partial charge in [-0.05, 0) is 33.2 Å². The first kappa shape index (κ1) is 13.5. The van der Waals surface area contributed by atoms with Gasteiger partial charge in [-0.15, -0.1) is 0 Å². The van der Waals surface area contributed by atoms with Gasteiger partial charge < -0.3 is 10.2 Å². The van der Waals surface area contributed by atoms with Gasteiger partial charge >= 0.3 is 0 Å². The number of amides is 1. The number of rotatable bonds is 2. The summed E-state index contributed by atoms with van der Waals surface area (Å²) in [5.41, 5.74) is -0.274. The first-order valence-corrected chi connectivity index (χ1v) is 6.28. The number of carbonyl (C=O) groups is 1. The van der Waals surface area contributed by atoms with Gasteiger partial charge in [0.25, 0.3) is 0 Å². The van der Waals surface area contributed by atoms with Crippen LogP contribution in [0.5, 0.6) is 0 Å². The highest BCUT2D eigenvalue weighted by Gasteiger charge is 2.40. The summed E-state index contributed by atoms with van der Waals surface area (Å²) in [6, 6.07) is 0. The van der Waals surface area contributed by atoms with E-state index >= 15 is 0 Å². The minimum absolute atomic E-state index is 0.00262. The molecule has 0 saturated carbocycles. The number of carbonyl (C=O) groups excluding carboxylic acids is 1. The molecule has 1 aliphatic heterocycles. The SMILES string of the molecule is CNCC1(C)CCCCN1C(=O)C(C)(C)C. The third-order valence-corrected chi connectivity index (χ3v) is 3.44. The number of nitrogens with zero attached hydrogens (tertiary/aromatic N) is 1. The molecule has 0 aromatic rings. The Kier molecular flexibility index (Phi) is 4.00. The molecule has 16 heavy (non-hydrogen) atoms. The summed E-state index contributed by atoms with van der Waals surface area (Å²) in [5.74, 6) is 0.282. The molecular formula is C13H26N2O. The second kappa shape index (κ2) is 4.74. The van der Waals surface area contributed by atoms with Crippen molar-refractivity contribution in [3.63, 3.8) is 0 Å². The fourth-order valence-electron chi connectivity index (χ4n) is 2.50. The third kappa shape index (κ3) is 2.76. The summed E-state index contributed by atoms with van der Waals surface area (Å²) in [6.07, 6.45) is 3.48. The molecule has 3 heteroatoms. The van der Waals surface area contributed by atoms with Crippen molar-refractivity contribution in [3.8, 4) is 0 Å². The molecule has 1 saturated heterocycles. The van der Waals surface area contributed by atoms with E-state index < -0.39 is 0 Å². The zero-order valence-corrected chi connectivity index (χ0v) is 11.4. The van der Waals surface area contributed by atoms with E-state index in [0.29, 0.717) is 0 Å². The summed E-state index contributed by atoms with van der Waals surface area (Å²) in [5, 5.41) is 3.22. The first-order valence-electron chi connectivity index (χ1n) is 6.28. The number of hydrogen-bond donors (Lipinski definition) is 1. The van der Waals surface area contributed by atoms with Crippen molar-refractivity contribution in [2.75, 3.05) is 20.1 Å². The van der Waals surface area contributed by atoms with Crippen LogP contribution in [0.3, 0.4) is 0 Å². The maximum absolute atomic E-state index is 12.4. The molecule has 0 bridgehead atoms. The van der Waals surface area contributed by atoms with E-state index in [-0.39, 0.29) is 16.9 Å². The standard InChI is InChI=1S/C13H26N2O/c1-12(2,3)11(16)15-9-7-6-8-13(15,4)10-14-5/h14H,6-10H2,1-5H3. The summed E-state index contributed by atoms with van der Waals surface area (Å²) < 4.78 is 0. The van der Waals surface area contributed by atoms with Gasteiger partial charge in [-0.3, -0.25) is 4.79 Å². The summed E-state index contributed by atoms with van der Waals surface area (Å²) in [7, 11) is 1.96. The molecule has 0 aromatic carbocycles. The van der Waals surface area contributed by atoms with Crippen molar-refractivity contribution in [1.82, 2.24) is 10.2 Å². The minimum Gasteiger partial charge on any atom is -0.336 e. The van der Waals surface area contributed by atoms with Gasteiger partial charge in [0.2, 0.25) is 5.91 Å². The molecule has 1 fully saturated rings. The highest BCUT2D eigenvalue weighted by atomic mass is 16.2. The van der Waals surface area contributed by atoms with E-state index in [0.717, 1.165) is 25.9 Å². The van der Waals surface area contributed by atoms with E-state index in [1.165, 1.54) is 6.42 Å². The van der Waals surface area contributed by atoms with Gasteiger partial charge in [0, 0.05) is 18.5 Å². The van der Waals surface area contributed by atoms with E-state index in [4.69, 9.17) is 0 Å². The predicted molar refractivity (Wildman–Crippen MR) is 67.4 cm³/mol. The molecule has 0 radical (unpaired) electrons. The van der Waals surface area contributed by atoms with Crippen LogP contribution in [0.1, 0.15) is 47.0 Å². The van der Waals surface area contributed by atoms with Crippen molar-refractivity contribution in [3.05, 3.63) is 0 Å². The van der Waals surface area contributed by atoms with E-state index in [9.17, 15) is 4.79 Å². The number of nitrogens with one attached hydrogen (secondary N) is 1. The molecule has 1 heterocycles. The molecule has 0 aliphatic carbocycles. The van der Waals surface area contributed by atoms with Crippen LogP contribution in [0.15, 0.2) is 0 Å². The number of hydrogen-bond acceptors (Lipinski definition) is 2. The Balaban J connectivity index is 2.86. The molecule has 0 aromatic heterocycles. The van der Waals surface area contributed by atoms with Gasteiger partial charge in [0.05, 0.1) is 5.54 Å². The quantitative estimate of drug-likeness (QED) is 0.781. The highest BCUT2D eigenvalue weighted by molar-refractivity contribution is 5.82. The maximum atomic E-state index is 12.4. The van der Waals surface area contributed by atoms with Crippen LogP contribution in [0.25, 0.3) is 0 Å². The molecule has 1 atom stereocenters. The van der Waals surface area contributed by atoms with E-state index in [1.807, 2.05) is 27.8 Å². The topological polar surface area (TPSA) is 32.3 Å². The zero-order valence-electron chi connectivity index (χ0n) is 11.4. The Morgan fingerprint density at radius 3 is 2.50 bits per heavy atom. The Labute approximate surface area is 99.6 Å². The van der Waals surface area contributed by atoms with Crippen molar-refractivity contribution in [1.29, 1.82) is 0 Å². The Bertz CT molecular complexity index is 253. The fraction of sp³-hybridized carbons (Fsp3) is 0.923. The second-order valence-electron chi connectivity index (χ2n) is 6.19. The fourth-order valence-corrected chi connectivity index (χ4v) is 2.50. The number of piperidine rings is 1. The van der Waals surface area contributed by atoms with Crippen LogP contribution in [0.4, 0.5) is 0 Å². The molecule has 94 valence electrons. The smallest absolute Gasteiger partial charge is 0.228 e. The summed E-state index contributed by atoms with van der Waals surface area (Å²) in [4.78, 5) is 14.5. The van der Waals surface area contributed by atoms with Crippen molar-refractivity contribution in [2.45, 2.75) is 52.5 Å². The van der Waals surface area contributed by atoms with Crippen LogP contribution in [-0.2, 0) is 4.79 Å². The largest absolute Gasteiger partial charge is 0.336 e. The minimum atomic E-state index is -0.271. The summed E-state index contributed by atoms with van der Waals surface area (Å²) >= 11 is 0. The molecule has 1 unspecified atom stereocenters. The lowest BCUT2D eigenvalue weighted by Gasteiger charge is -2.47. The molecule has 1 rings (SSSR count). The molecule has 1 aliphatic rings. The van der Waals surface area contributed by atoms with Crippen LogP contribution in [0.2, 0.25) is 0 Å². The number of likely N-dealkylation sites (N-methyl/N-ethyl adjacent to an activating group) is 1. The van der Waals surface area contributed by atoms with Crippen LogP contribution in [0, 0.1) is 5.41 Å². The van der Waals surface area contributed by atoms with E-state index in [2.05, 4.69) is 17.1 Å². The molecule has 1 N–H and O–H groups in total. The summed E-state index contributed by atoms with van der Waals surface area (Å²) in [6.45, 7) is 10.0. The zero-order chi connectivity index (χ0) is 12.4. The first-order chi connectivity index (χ1) is 7.31. The van der Waals surface area contributed by atoms with Gasteiger partial charge in [0.15, 0.2) is 0 Å². The van der Waals surface area contributed by atoms with Crippen LogP contribution in [-0.4, -0.2) is 36.5 Å². The van der Waals surface area contributed by atoms with E-state index in [1.54, 1.807) is 0 Å². The monoisotopic (exact) mass is 226 g/mol. The van der Waals surface area contributed by atoms with Crippen LogP contribution >= 0.6 is 0 Å². The Morgan fingerprint density at radius 2 is 2.00 bits per heavy atom. The lowest BCUT2D eigenvalue weighted by atomic mass is 9.84. The van der Waals surface area contributed by atoms with Crippen LogP contribution < -0.4 is 5.32 Å². The molecular weight excluding hydrogens is 200 g/mol. The van der Waals surface area contributed by atoms with Gasteiger partial charge in [-0.2, -0.15) is 0 Å². The van der Waals surface area contributed by atoms with Crippen molar-refractivity contribution in [2.24, 2.45) is 5.41 Å². The second-order valence-corrected chi connectivity index (χ2v) is 6.19. The average Bonchev–Trinajstić information content (AvgIpc) is 2.16. The molecule has 0 spiro atoms. The van der Waals surface area contributed by atoms with Crippen molar-refractivity contribution >= 4 is 5.91 Å². The van der Waals surface area contributed by atoms with Gasteiger partial charge in [0.1, 0.15) is 0 Å². The normalized spacial score (nSPS) is 26.9. The highest BCUT2D eigenvalue weighted by Crippen LogP contribution is 2.31. The third-order valence-electron chi connectivity index (χ3n) is 3.44. The molecule has 1 amide bonds. The lowest BCUT2D eigenvalue weighted by molar-refractivity contribution is -0.147. The molecule has 3 nitrogen and oxygen atoms in total. The maximum Gasteiger partial charge on any atom is 0.228 e. The van der Waals surface area contributed by atoms with Gasteiger partial charge in [-0.25, -0.2) is 0 Å².